The first-order valence-corrected chi connectivity index (χ1v) is 32.6. The molecule has 0 atom stereocenters. The summed E-state index contributed by atoms with van der Waals surface area (Å²) in [5, 5.41) is 0. The highest BCUT2D eigenvalue weighted by Gasteiger charge is 2.20. The molecule has 8 heteroatoms. The molecule has 0 fully saturated rings. The third-order valence-corrected chi connectivity index (χ3v) is 16.4. The molecule has 9 rings (SSSR count). The number of H-pyrrole nitrogens is 2. The van der Waals surface area contributed by atoms with Gasteiger partial charge in [-0.3, -0.25) is 0 Å². The van der Waals surface area contributed by atoms with Crippen molar-refractivity contribution in [2.75, 3.05) is 26.4 Å². The minimum Gasteiger partial charge on any atom is -0.494 e. The number of aromatic amines is 2. The fourth-order valence-electron chi connectivity index (χ4n) is 11.6. The Bertz CT molecular complexity index is 3170. The Labute approximate surface area is 502 Å². The summed E-state index contributed by atoms with van der Waals surface area (Å²) in [7, 11) is 0. The quantitative estimate of drug-likeness (QED) is 0.0380. The largest absolute Gasteiger partial charge is 0.494 e. The Balaban J connectivity index is 1.16. The van der Waals surface area contributed by atoms with Crippen LogP contribution in [-0.4, -0.2) is 46.4 Å². The van der Waals surface area contributed by atoms with Gasteiger partial charge < -0.3 is 28.9 Å². The van der Waals surface area contributed by atoms with Gasteiger partial charge in [-0.15, -0.1) is 0 Å². The van der Waals surface area contributed by atoms with Gasteiger partial charge in [0.2, 0.25) is 0 Å². The molecule has 0 saturated carbocycles. The summed E-state index contributed by atoms with van der Waals surface area (Å²) < 4.78 is 25.3. The van der Waals surface area contributed by atoms with Crippen LogP contribution in [0.5, 0.6) is 23.0 Å². The van der Waals surface area contributed by atoms with E-state index in [1.807, 2.05) is 0 Å². The molecule has 2 aliphatic heterocycles. The Hall–Kier alpha value is -7.32. The number of ether oxygens (including phenoxy) is 4. The van der Waals surface area contributed by atoms with Gasteiger partial charge in [0.05, 0.1) is 49.2 Å². The molecule has 442 valence electrons. The van der Waals surface area contributed by atoms with Crippen molar-refractivity contribution < 1.29 is 18.9 Å². The minimum atomic E-state index is 0.708. The lowest BCUT2D eigenvalue weighted by atomic mass is 10.0. The van der Waals surface area contributed by atoms with Crippen LogP contribution in [0.15, 0.2) is 121 Å². The molecule has 0 spiro atoms. The maximum absolute atomic E-state index is 6.33. The van der Waals surface area contributed by atoms with Crippen molar-refractivity contribution >= 4 is 46.4 Å². The summed E-state index contributed by atoms with van der Waals surface area (Å²) in [6.07, 6.45) is 38.0. The highest BCUT2D eigenvalue weighted by molar-refractivity contribution is 6.00. The Morgan fingerprint density at radius 1 is 0.250 bits per heavy atom. The van der Waals surface area contributed by atoms with Gasteiger partial charge in [-0.1, -0.05) is 205 Å². The zero-order valence-electron chi connectivity index (χ0n) is 51.2. The first-order chi connectivity index (χ1) is 41.5. The van der Waals surface area contributed by atoms with Gasteiger partial charge in [0.1, 0.15) is 23.0 Å². The Kier molecular flexibility index (Phi) is 24.2. The standard InChI is InChI=1S/C76H94N4O4/c1-5-9-13-17-21-25-53-81-61-37-29-57(30-38-61)73-65-45-47-67(77-65)74(58-31-39-62(40-32-58)82-54-26-22-18-14-10-6-2)69-49-51-71(79-69)76(60-35-43-64(44-36-60)84-56-28-24-20-16-12-8-4)72-52-50-70(80-72)75(68-48-46-66(73)78-68)59-33-41-63(42-34-59)83-55-27-23-19-15-11-7-3/h29-52,77-78H,5-28,53-56H2,1-4H3. The third-order valence-electron chi connectivity index (χ3n) is 16.4. The molecule has 0 unspecified atom stereocenters. The lowest BCUT2D eigenvalue weighted by Crippen LogP contribution is -1.97. The average molecular weight is 1130 g/mol. The van der Waals surface area contributed by atoms with E-state index in [0.717, 1.165) is 138 Å². The van der Waals surface area contributed by atoms with Crippen molar-refractivity contribution in [3.63, 3.8) is 0 Å². The number of unbranched alkanes of at least 4 members (excludes halogenated alkanes) is 20. The lowest BCUT2D eigenvalue weighted by molar-refractivity contribution is 0.304. The van der Waals surface area contributed by atoms with E-state index in [1.54, 1.807) is 0 Å². The molecule has 0 radical (unpaired) electrons. The van der Waals surface area contributed by atoms with Gasteiger partial charge in [0, 0.05) is 44.3 Å². The molecule has 0 saturated heterocycles. The van der Waals surface area contributed by atoms with Crippen LogP contribution in [0.1, 0.15) is 205 Å². The third kappa shape index (κ3) is 17.4. The summed E-state index contributed by atoms with van der Waals surface area (Å²) in [5.41, 5.74) is 15.4. The van der Waals surface area contributed by atoms with Gasteiger partial charge >= 0.3 is 0 Å². The fourth-order valence-corrected chi connectivity index (χ4v) is 11.6. The molecule has 2 aliphatic rings. The van der Waals surface area contributed by atoms with E-state index in [4.69, 9.17) is 28.9 Å². The second-order valence-corrected chi connectivity index (χ2v) is 23.1. The molecule has 8 nitrogen and oxygen atoms in total. The van der Waals surface area contributed by atoms with Crippen molar-refractivity contribution in [3.05, 3.63) is 144 Å². The molecule has 5 heterocycles. The highest BCUT2D eigenvalue weighted by atomic mass is 16.5. The molecular formula is C76H94N4O4. The maximum Gasteiger partial charge on any atom is 0.119 e. The monoisotopic (exact) mass is 1130 g/mol. The maximum atomic E-state index is 6.33. The van der Waals surface area contributed by atoms with E-state index in [1.165, 1.54) is 128 Å². The van der Waals surface area contributed by atoms with Gasteiger partial charge in [-0.2, -0.15) is 0 Å². The highest BCUT2D eigenvalue weighted by Crippen LogP contribution is 2.40. The van der Waals surface area contributed by atoms with Crippen LogP contribution in [0.4, 0.5) is 0 Å². The van der Waals surface area contributed by atoms with Crippen molar-refractivity contribution in [3.8, 4) is 67.5 Å². The van der Waals surface area contributed by atoms with Crippen LogP contribution in [0.2, 0.25) is 0 Å². The molecule has 0 aliphatic carbocycles. The summed E-state index contributed by atoms with van der Waals surface area (Å²) in [5.74, 6) is 3.50. The Morgan fingerprint density at radius 3 is 0.762 bits per heavy atom. The summed E-state index contributed by atoms with van der Waals surface area (Å²) in [4.78, 5) is 19.1. The van der Waals surface area contributed by atoms with Crippen molar-refractivity contribution in [2.45, 2.75) is 182 Å². The van der Waals surface area contributed by atoms with Gasteiger partial charge in [-0.05, 0) is 145 Å². The SMILES string of the molecule is CCCCCCCCOc1ccc(-c2c3nc(c(-c4ccc(OCCCCCCCC)cc4)c4ccc([nH]4)c(-c4ccc(OCCCCCCCC)cc4)c4ccc([nH]4)c(-c4ccc(OCCCCCCCC)cc4)c4nc2C=C4)C=C3)cc1. The van der Waals surface area contributed by atoms with Crippen molar-refractivity contribution in [1.82, 2.24) is 19.9 Å². The van der Waals surface area contributed by atoms with Crippen molar-refractivity contribution in [2.24, 2.45) is 0 Å². The van der Waals surface area contributed by atoms with E-state index >= 15 is 0 Å². The molecule has 4 aromatic carbocycles. The first-order valence-electron chi connectivity index (χ1n) is 32.6. The first kappa shape index (κ1) is 61.2. The van der Waals surface area contributed by atoms with Gasteiger partial charge in [0.15, 0.2) is 0 Å². The number of rotatable bonds is 36. The second-order valence-electron chi connectivity index (χ2n) is 23.1. The van der Waals surface area contributed by atoms with Gasteiger partial charge in [-0.25, -0.2) is 9.97 Å². The number of hydrogen-bond donors (Lipinski definition) is 2. The molecular weight excluding hydrogens is 1030 g/mol. The lowest BCUT2D eigenvalue weighted by Gasteiger charge is -2.10. The van der Waals surface area contributed by atoms with Crippen LogP contribution in [0.25, 0.3) is 90.9 Å². The number of benzene rings is 4. The van der Waals surface area contributed by atoms with E-state index in [0.29, 0.717) is 26.4 Å². The van der Waals surface area contributed by atoms with Gasteiger partial charge in [0.25, 0.3) is 0 Å². The molecule has 84 heavy (non-hydrogen) atoms. The second kappa shape index (κ2) is 33.2. The zero-order valence-corrected chi connectivity index (χ0v) is 51.2. The molecule has 0 amide bonds. The van der Waals surface area contributed by atoms with E-state index in [-0.39, 0.29) is 0 Å². The van der Waals surface area contributed by atoms with E-state index < -0.39 is 0 Å². The minimum absolute atomic E-state index is 0.708. The zero-order chi connectivity index (χ0) is 58.0. The number of fused-ring (bicyclic) bond motifs is 8. The van der Waals surface area contributed by atoms with Crippen LogP contribution in [0.3, 0.4) is 0 Å². The summed E-state index contributed by atoms with van der Waals surface area (Å²) in [6, 6.07) is 43.1. The smallest absolute Gasteiger partial charge is 0.119 e. The predicted molar refractivity (Wildman–Crippen MR) is 356 cm³/mol. The van der Waals surface area contributed by atoms with Crippen LogP contribution < -0.4 is 18.9 Å². The predicted octanol–water partition coefficient (Wildman–Crippen LogP) is 22.3. The average Bonchev–Trinajstić information content (AvgIpc) is 3.67. The number of nitrogens with one attached hydrogen (secondary N) is 2. The van der Waals surface area contributed by atoms with Crippen LogP contribution in [0, 0.1) is 0 Å². The topological polar surface area (TPSA) is 94.3 Å². The fraction of sp³-hybridized carbons (Fsp3) is 0.421. The Morgan fingerprint density at radius 2 is 0.476 bits per heavy atom. The number of hydrogen-bond acceptors (Lipinski definition) is 6. The van der Waals surface area contributed by atoms with E-state index in [9.17, 15) is 0 Å². The normalized spacial score (nSPS) is 11.9. The number of aromatic nitrogens is 4. The van der Waals surface area contributed by atoms with E-state index in [2.05, 4.69) is 183 Å². The molecule has 8 bridgehead atoms. The number of nitrogens with zero attached hydrogens (tertiary/aromatic N) is 2. The summed E-state index contributed by atoms with van der Waals surface area (Å²) in [6.45, 7) is 11.9. The molecule has 3 aromatic heterocycles. The molecule has 7 aromatic rings. The summed E-state index contributed by atoms with van der Waals surface area (Å²) >= 11 is 0. The van der Waals surface area contributed by atoms with Crippen LogP contribution >= 0.6 is 0 Å². The van der Waals surface area contributed by atoms with Crippen LogP contribution in [-0.2, 0) is 0 Å². The molecule has 2 N–H and O–H groups in total. The van der Waals surface area contributed by atoms with Crippen molar-refractivity contribution in [1.29, 1.82) is 0 Å².